The Labute approximate surface area is 387 Å². The van der Waals surface area contributed by atoms with E-state index in [1.165, 1.54) is 167 Å². The number of aliphatic hydroxyl groups excluding tert-OH is 4. The molecular weight excluding hydrogens is 793 g/mol. The molecule has 63 heavy (non-hydrogen) atoms. The number of unbranched alkanes of at least 4 members (excludes halogenated alkanes) is 29. The average Bonchev–Trinajstić information content (AvgIpc) is 3.28. The molecule has 9 nitrogen and oxygen atoms in total. The summed E-state index contributed by atoms with van der Waals surface area (Å²) in [5.74, 6) is -0.320. The average molecular weight is 893 g/mol. The zero-order chi connectivity index (χ0) is 45.7. The van der Waals surface area contributed by atoms with Gasteiger partial charge in [-0.1, -0.05) is 198 Å². The van der Waals surface area contributed by atoms with Crippen molar-refractivity contribution in [1.29, 1.82) is 0 Å². The van der Waals surface area contributed by atoms with Gasteiger partial charge in [0.1, 0.15) is 30.5 Å². The van der Waals surface area contributed by atoms with E-state index in [9.17, 15) is 25.2 Å². The van der Waals surface area contributed by atoms with Gasteiger partial charge in [-0.05, 0) is 70.6 Å². The summed E-state index contributed by atoms with van der Waals surface area (Å²) in [6.07, 6.45) is 49.0. The van der Waals surface area contributed by atoms with Gasteiger partial charge in [-0.3, -0.25) is 4.79 Å². The highest BCUT2D eigenvalue weighted by molar-refractivity contribution is 5.69. The normalized spacial score (nSPS) is 19.9. The second-order valence-electron chi connectivity index (χ2n) is 18.3. The minimum Gasteiger partial charge on any atom is -0.457 e. The van der Waals surface area contributed by atoms with Crippen LogP contribution in [0.4, 0.5) is 0 Å². The number of allylic oxidation sites excluding steroid dienone is 6. The topological polar surface area (TPSA) is 135 Å². The van der Waals surface area contributed by atoms with Crippen molar-refractivity contribution in [2.24, 2.45) is 0 Å². The minimum absolute atomic E-state index is 0.115. The van der Waals surface area contributed by atoms with Crippen molar-refractivity contribution in [2.75, 3.05) is 26.4 Å². The molecule has 1 aliphatic rings. The number of hydrogen-bond acceptors (Lipinski definition) is 9. The van der Waals surface area contributed by atoms with Gasteiger partial charge in [0, 0.05) is 13.0 Å². The Morgan fingerprint density at radius 1 is 0.508 bits per heavy atom. The molecule has 1 saturated heterocycles. The van der Waals surface area contributed by atoms with E-state index in [1.807, 2.05) is 0 Å². The minimum atomic E-state index is -1.54. The second-order valence-corrected chi connectivity index (χ2v) is 18.3. The molecule has 0 saturated carbocycles. The third-order valence-electron chi connectivity index (χ3n) is 12.3. The molecule has 6 unspecified atom stereocenters. The van der Waals surface area contributed by atoms with Crippen LogP contribution < -0.4 is 0 Å². The van der Waals surface area contributed by atoms with Crippen molar-refractivity contribution < 1.29 is 44.2 Å². The Balaban J connectivity index is 2.14. The standard InChI is InChI=1S/C54H100O9/c1-3-5-7-9-11-13-15-17-19-20-21-22-23-24-25-26-27-28-29-30-32-34-36-38-40-42-44-60-46-48(47-61-54-53(59)52(58)51(57)49(45-55)63-54)62-50(56)43-41-39-37-35-33-31-18-16-14-12-10-8-6-4-2/h15-18,20-21,48-49,51-55,57-59H,3-14,19,22-47H2,1-2H3/b17-15-,18-16-,21-20-. The van der Waals surface area contributed by atoms with Crippen LogP contribution in [0.3, 0.4) is 0 Å². The van der Waals surface area contributed by atoms with Crippen LogP contribution in [0.1, 0.15) is 239 Å². The van der Waals surface area contributed by atoms with Gasteiger partial charge in [0.25, 0.3) is 0 Å². The summed E-state index contributed by atoms with van der Waals surface area (Å²) in [6, 6.07) is 0. The predicted octanol–water partition coefficient (Wildman–Crippen LogP) is 13.1. The van der Waals surface area contributed by atoms with E-state index in [4.69, 9.17) is 18.9 Å². The highest BCUT2D eigenvalue weighted by Gasteiger charge is 2.44. The summed E-state index contributed by atoms with van der Waals surface area (Å²) in [7, 11) is 0. The first-order valence-electron chi connectivity index (χ1n) is 26.6. The number of ether oxygens (including phenoxy) is 4. The molecule has 0 amide bonds. The molecule has 0 aromatic heterocycles. The van der Waals surface area contributed by atoms with Crippen LogP contribution in [0.5, 0.6) is 0 Å². The van der Waals surface area contributed by atoms with Crippen LogP contribution in [-0.2, 0) is 23.7 Å². The molecule has 370 valence electrons. The van der Waals surface area contributed by atoms with E-state index >= 15 is 0 Å². The highest BCUT2D eigenvalue weighted by Crippen LogP contribution is 2.23. The highest BCUT2D eigenvalue weighted by atomic mass is 16.7. The molecule has 4 N–H and O–H groups in total. The van der Waals surface area contributed by atoms with Crippen LogP contribution in [0, 0.1) is 0 Å². The Bertz CT molecular complexity index is 1060. The Morgan fingerprint density at radius 2 is 0.921 bits per heavy atom. The maximum Gasteiger partial charge on any atom is 0.306 e. The molecule has 0 bridgehead atoms. The van der Waals surface area contributed by atoms with Crippen LogP contribution in [0.15, 0.2) is 36.5 Å². The molecule has 0 aromatic rings. The van der Waals surface area contributed by atoms with E-state index in [0.717, 1.165) is 51.4 Å². The molecule has 1 aliphatic heterocycles. The molecule has 6 atom stereocenters. The molecule has 1 heterocycles. The molecular formula is C54H100O9. The van der Waals surface area contributed by atoms with Crippen LogP contribution in [-0.4, -0.2) is 89.6 Å². The van der Waals surface area contributed by atoms with Crippen molar-refractivity contribution in [3.63, 3.8) is 0 Å². The van der Waals surface area contributed by atoms with Gasteiger partial charge in [0.05, 0.1) is 19.8 Å². The Morgan fingerprint density at radius 3 is 1.38 bits per heavy atom. The van der Waals surface area contributed by atoms with Gasteiger partial charge in [-0.15, -0.1) is 0 Å². The fourth-order valence-electron chi connectivity index (χ4n) is 8.11. The SMILES string of the molecule is CCCCCCC/C=C\C/C=C\CCCCCCCCCCCCCCCCOCC(COC1OC(CO)C(O)C(O)C1O)OC(=O)CCCCCCC/C=C\CCCCCCC. The summed E-state index contributed by atoms with van der Waals surface area (Å²) in [5, 5.41) is 40.2. The zero-order valence-electron chi connectivity index (χ0n) is 40.8. The van der Waals surface area contributed by atoms with Gasteiger partial charge >= 0.3 is 5.97 Å². The first-order valence-corrected chi connectivity index (χ1v) is 26.6. The molecule has 1 fully saturated rings. The number of rotatable bonds is 46. The summed E-state index contributed by atoms with van der Waals surface area (Å²) in [4.78, 5) is 12.8. The molecule has 1 rings (SSSR count). The van der Waals surface area contributed by atoms with Crippen molar-refractivity contribution in [1.82, 2.24) is 0 Å². The van der Waals surface area contributed by atoms with E-state index in [0.29, 0.717) is 13.0 Å². The third kappa shape index (κ3) is 36.2. The van der Waals surface area contributed by atoms with Gasteiger partial charge in [0.15, 0.2) is 6.29 Å². The summed E-state index contributed by atoms with van der Waals surface area (Å²) >= 11 is 0. The van der Waals surface area contributed by atoms with Crippen LogP contribution in [0.2, 0.25) is 0 Å². The molecule has 9 heteroatoms. The molecule has 0 spiro atoms. The second kappa shape index (κ2) is 45.6. The maximum absolute atomic E-state index is 12.8. The van der Waals surface area contributed by atoms with E-state index in [2.05, 4.69) is 50.3 Å². The summed E-state index contributed by atoms with van der Waals surface area (Å²) in [6.45, 7) is 4.56. The third-order valence-corrected chi connectivity index (χ3v) is 12.3. The summed E-state index contributed by atoms with van der Waals surface area (Å²) < 4.78 is 22.9. The predicted molar refractivity (Wildman–Crippen MR) is 261 cm³/mol. The van der Waals surface area contributed by atoms with E-state index in [1.54, 1.807) is 0 Å². The van der Waals surface area contributed by atoms with Crippen molar-refractivity contribution in [3.8, 4) is 0 Å². The van der Waals surface area contributed by atoms with Crippen LogP contribution in [0.25, 0.3) is 0 Å². The van der Waals surface area contributed by atoms with Crippen molar-refractivity contribution in [3.05, 3.63) is 36.5 Å². The lowest BCUT2D eigenvalue weighted by Gasteiger charge is -2.39. The number of esters is 1. The number of hydrogen-bond donors (Lipinski definition) is 4. The molecule has 0 radical (unpaired) electrons. The van der Waals surface area contributed by atoms with E-state index < -0.39 is 43.4 Å². The van der Waals surface area contributed by atoms with Gasteiger partial charge in [-0.2, -0.15) is 0 Å². The smallest absolute Gasteiger partial charge is 0.306 e. The zero-order valence-corrected chi connectivity index (χ0v) is 40.8. The van der Waals surface area contributed by atoms with Gasteiger partial charge in [0.2, 0.25) is 0 Å². The lowest BCUT2D eigenvalue weighted by atomic mass is 9.99. The van der Waals surface area contributed by atoms with Gasteiger partial charge in [-0.25, -0.2) is 0 Å². The molecule has 0 aliphatic carbocycles. The quantitative estimate of drug-likeness (QED) is 0.0268. The summed E-state index contributed by atoms with van der Waals surface area (Å²) in [5.41, 5.74) is 0. The fraction of sp³-hybridized carbons (Fsp3) is 0.870. The number of carbonyl (C=O) groups excluding carboxylic acids is 1. The maximum atomic E-state index is 12.8. The fourth-order valence-corrected chi connectivity index (χ4v) is 8.11. The monoisotopic (exact) mass is 893 g/mol. The largest absolute Gasteiger partial charge is 0.457 e. The first-order chi connectivity index (χ1) is 30.9. The van der Waals surface area contributed by atoms with Crippen molar-refractivity contribution >= 4 is 5.97 Å². The van der Waals surface area contributed by atoms with Crippen molar-refractivity contribution in [2.45, 2.75) is 275 Å². The number of aliphatic hydroxyl groups is 4. The van der Waals surface area contributed by atoms with Crippen LogP contribution >= 0.6 is 0 Å². The number of carbonyl (C=O) groups is 1. The Kier molecular flexibility index (Phi) is 43.0. The van der Waals surface area contributed by atoms with E-state index in [-0.39, 0.29) is 19.2 Å². The molecule has 0 aromatic carbocycles. The lowest BCUT2D eigenvalue weighted by Crippen LogP contribution is -2.59. The van der Waals surface area contributed by atoms with Gasteiger partial charge < -0.3 is 39.4 Å². The lowest BCUT2D eigenvalue weighted by molar-refractivity contribution is -0.305. The first kappa shape index (κ1) is 59.4. The Hall–Kier alpha value is -1.59.